The minimum Gasteiger partial charge on any atom is -0.329 e. The highest BCUT2D eigenvalue weighted by Crippen LogP contribution is 2.39. The Morgan fingerprint density at radius 1 is 1.35 bits per heavy atom. The maximum absolute atomic E-state index is 6.12. The summed E-state index contributed by atoms with van der Waals surface area (Å²) in [4.78, 5) is 2.56. The van der Waals surface area contributed by atoms with Crippen molar-refractivity contribution in [2.75, 3.05) is 20.1 Å². The Hall–Kier alpha value is -0.0800. The van der Waals surface area contributed by atoms with Gasteiger partial charge in [-0.05, 0) is 44.1 Å². The van der Waals surface area contributed by atoms with Crippen molar-refractivity contribution >= 4 is 0 Å². The van der Waals surface area contributed by atoms with Gasteiger partial charge in [-0.3, -0.25) is 4.90 Å². The molecule has 1 aliphatic carbocycles. The average Bonchev–Trinajstić information content (AvgIpc) is 2.32. The lowest BCUT2D eigenvalue weighted by Gasteiger charge is -2.48. The van der Waals surface area contributed by atoms with Crippen LogP contribution in [0.2, 0.25) is 0 Å². The van der Waals surface area contributed by atoms with Crippen molar-refractivity contribution in [2.45, 2.75) is 58.9 Å². The van der Waals surface area contributed by atoms with Crippen LogP contribution in [0, 0.1) is 17.8 Å². The van der Waals surface area contributed by atoms with Crippen LogP contribution in [0.25, 0.3) is 0 Å². The molecule has 1 saturated carbocycles. The first-order valence-corrected chi connectivity index (χ1v) is 7.36. The van der Waals surface area contributed by atoms with E-state index in [1.54, 1.807) is 0 Å². The number of nitrogens with two attached hydrogens (primary N) is 1. The van der Waals surface area contributed by atoms with Crippen LogP contribution < -0.4 is 5.73 Å². The number of nitrogens with zero attached hydrogens (tertiary/aromatic N) is 1. The van der Waals surface area contributed by atoms with E-state index in [-0.39, 0.29) is 5.54 Å². The van der Waals surface area contributed by atoms with E-state index in [4.69, 9.17) is 5.73 Å². The van der Waals surface area contributed by atoms with E-state index in [2.05, 4.69) is 39.6 Å². The Labute approximate surface area is 108 Å². The van der Waals surface area contributed by atoms with Crippen LogP contribution in [0.15, 0.2) is 0 Å². The molecule has 1 fully saturated rings. The molecule has 0 bridgehead atoms. The Bertz CT molecular complexity index is 229. The second kappa shape index (κ2) is 6.19. The summed E-state index contributed by atoms with van der Waals surface area (Å²) < 4.78 is 0. The third-order valence-corrected chi connectivity index (χ3v) is 5.21. The fourth-order valence-corrected chi connectivity index (χ4v) is 3.16. The van der Waals surface area contributed by atoms with Gasteiger partial charge in [0.05, 0.1) is 0 Å². The summed E-state index contributed by atoms with van der Waals surface area (Å²) >= 11 is 0. The van der Waals surface area contributed by atoms with Gasteiger partial charge in [-0.2, -0.15) is 0 Å². The minimum absolute atomic E-state index is 0.273. The quantitative estimate of drug-likeness (QED) is 0.800. The zero-order valence-corrected chi connectivity index (χ0v) is 12.5. The van der Waals surface area contributed by atoms with Gasteiger partial charge in [0.2, 0.25) is 0 Å². The molecular weight excluding hydrogens is 208 g/mol. The maximum Gasteiger partial charge on any atom is 0.0331 e. The molecule has 2 heteroatoms. The van der Waals surface area contributed by atoms with Crippen molar-refractivity contribution in [3.63, 3.8) is 0 Å². The molecule has 0 aromatic carbocycles. The molecule has 0 aliphatic heterocycles. The first-order chi connectivity index (χ1) is 7.95. The predicted molar refractivity (Wildman–Crippen MR) is 76.0 cm³/mol. The smallest absolute Gasteiger partial charge is 0.0331 e. The highest BCUT2D eigenvalue weighted by molar-refractivity contribution is 4.96. The van der Waals surface area contributed by atoms with Crippen molar-refractivity contribution in [2.24, 2.45) is 23.5 Å². The van der Waals surface area contributed by atoms with Crippen molar-refractivity contribution in [1.82, 2.24) is 4.90 Å². The molecule has 0 aromatic rings. The van der Waals surface area contributed by atoms with Crippen LogP contribution in [0.5, 0.6) is 0 Å². The van der Waals surface area contributed by atoms with Crippen molar-refractivity contribution < 1.29 is 0 Å². The molecule has 2 nitrogen and oxygen atoms in total. The molecule has 17 heavy (non-hydrogen) atoms. The first-order valence-electron chi connectivity index (χ1n) is 7.36. The average molecular weight is 240 g/mol. The minimum atomic E-state index is 0.273. The van der Waals surface area contributed by atoms with Crippen molar-refractivity contribution in [3.05, 3.63) is 0 Å². The van der Waals surface area contributed by atoms with Crippen LogP contribution in [-0.2, 0) is 0 Å². The Kier molecular flexibility index (Phi) is 5.46. The lowest BCUT2D eigenvalue weighted by molar-refractivity contribution is 0.0312. The molecular formula is C15H32N2. The van der Waals surface area contributed by atoms with Gasteiger partial charge < -0.3 is 5.73 Å². The highest BCUT2D eigenvalue weighted by Gasteiger charge is 2.39. The summed E-state index contributed by atoms with van der Waals surface area (Å²) in [6.07, 6.45) is 5.15. The molecule has 4 unspecified atom stereocenters. The van der Waals surface area contributed by atoms with E-state index in [0.29, 0.717) is 0 Å². The monoisotopic (exact) mass is 240 g/mol. The summed E-state index contributed by atoms with van der Waals surface area (Å²) in [6, 6.07) is 0. The summed E-state index contributed by atoms with van der Waals surface area (Å²) in [7, 11) is 2.28. The number of rotatable bonds is 5. The van der Waals surface area contributed by atoms with Gasteiger partial charge in [0.1, 0.15) is 0 Å². The molecule has 4 atom stereocenters. The lowest BCUT2D eigenvalue weighted by atomic mass is 9.70. The summed E-state index contributed by atoms with van der Waals surface area (Å²) in [6.45, 7) is 11.4. The van der Waals surface area contributed by atoms with E-state index in [0.717, 1.165) is 24.3 Å². The largest absolute Gasteiger partial charge is 0.329 e. The van der Waals surface area contributed by atoms with Crippen LogP contribution in [-0.4, -0.2) is 30.6 Å². The van der Waals surface area contributed by atoms with E-state index in [1.807, 2.05) is 0 Å². The highest BCUT2D eigenvalue weighted by atomic mass is 15.2. The predicted octanol–water partition coefficient (Wildman–Crippen LogP) is 3.12. The van der Waals surface area contributed by atoms with E-state index < -0.39 is 0 Å². The van der Waals surface area contributed by atoms with Gasteiger partial charge in [-0.15, -0.1) is 0 Å². The second-order valence-corrected chi connectivity index (χ2v) is 6.52. The summed E-state index contributed by atoms with van der Waals surface area (Å²) in [5.41, 5.74) is 6.40. The van der Waals surface area contributed by atoms with Gasteiger partial charge in [0.15, 0.2) is 0 Å². The van der Waals surface area contributed by atoms with Crippen LogP contribution in [0.3, 0.4) is 0 Å². The number of hydrogen-bond acceptors (Lipinski definition) is 2. The molecule has 102 valence electrons. The van der Waals surface area contributed by atoms with E-state index in [9.17, 15) is 0 Å². The third kappa shape index (κ3) is 3.45. The van der Waals surface area contributed by atoms with Crippen molar-refractivity contribution in [3.8, 4) is 0 Å². The molecule has 0 radical (unpaired) electrons. The van der Waals surface area contributed by atoms with E-state index >= 15 is 0 Å². The van der Waals surface area contributed by atoms with Crippen molar-refractivity contribution in [1.29, 1.82) is 0 Å². The molecule has 0 amide bonds. The van der Waals surface area contributed by atoms with Gasteiger partial charge in [0.25, 0.3) is 0 Å². The summed E-state index contributed by atoms with van der Waals surface area (Å²) in [5.74, 6) is 2.46. The molecule has 0 spiro atoms. The summed E-state index contributed by atoms with van der Waals surface area (Å²) in [5, 5.41) is 0. The molecule has 2 N–H and O–H groups in total. The SMILES string of the molecule is CCC(C)CN(C)C1(CN)CCC(C)C(C)C1. The molecule has 0 aromatic heterocycles. The third-order valence-electron chi connectivity index (χ3n) is 5.21. The fourth-order valence-electron chi connectivity index (χ4n) is 3.16. The fraction of sp³-hybridized carbons (Fsp3) is 1.00. The molecule has 1 aliphatic rings. The number of likely N-dealkylation sites (N-methyl/N-ethyl adjacent to an activating group) is 1. The topological polar surface area (TPSA) is 29.3 Å². The van der Waals surface area contributed by atoms with Crippen LogP contribution >= 0.6 is 0 Å². The molecule has 1 rings (SSSR count). The van der Waals surface area contributed by atoms with E-state index in [1.165, 1.54) is 32.2 Å². The normalized spacial score (nSPS) is 36.2. The second-order valence-electron chi connectivity index (χ2n) is 6.52. The first kappa shape index (κ1) is 15.0. The Balaban J connectivity index is 2.68. The van der Waals surface area contributed by atoms with Gasteiger partial charge >= 0.3 is 0 Å². The maximum atomic E-state index is 6.12. The van der Waals surface area contributed by atoms with Gasteiger partial charge in [-0.1, -0.05) is 34.1 Å². The molecule has 0 heterocycles. The zero-order chi connectivity index (χ0) is 13.1. The Morgan fingerprint density at radius 2 is 2.00 bits per heavy atom. The molecule has 0 saturated heterocycles. The zero-order valence-electron chi connectivity index (χ0n) is 12.5. The van der Waals surface area contributed by atoms with Crippen LogP contribution in [0.4, 0.5) is 0 Å². The van der Waals surface area contributed by atoms with Gasteiger partial charge in [-0.25, -0.2) is 0 Å². The number of hydrogen-bond donors (Lipinski definition) is 1. The lowest BCUT2D eigenvalue weighted by Crippen LogP contribution is -2.56. The van der Waals surface area contributed by atoms with Gasteiger partial charge in [0, 0.05) is 18.6 Å². The standard InChI is InChI=1S/C15H32N2/c1-6-12(2)10-17(5)15(11-16)8-7-13(3)14(4)9-15/h12-14H,6-11,16H2,1-5H3. The van der Waals surface area contributed by atoms with Crippen LogP contribution in [0.1, 0.15) is 53.4 Å². The Morgan fingerprint density at radius 3 is 2.47 bits per heavy atom.